The normalized spacial score (nSPS) is 18.0. The van der Waals surface area contributed by atoms with Crippen LogP contribution in [0.4, 0.5) is 0 Å². The lowest BCUT2D eigenvalue weighted by Gasteiger charge is -2.33. The van der Waals surface area contributed by atoms with Crippen LogP contribution in [0.1, 0.15) is 33.8 Å². The van der Waals surface area contributed by atoms with E-state index in [9.17, 15) is 4.79 Å². The quantitative estimate of drug-likeness (QED) is 0.748. The number of H-pyrrole nitrogens is 1. The van der Waals surface area contributed by atoms with Gasteiger partial charge in [-0.15, -0.1) is 11.3 Å². The molecule has 3 heterocycles. The second kappa shape index (κ2) is 4.70. The zero-order chi connectivity index (χ0) is 14.4. The number of hydrogen-bond acceptors (Lipinski definition) is 3. The number of fused-ring (bicyclic) bond motifs is 2. The number of thiophene rings is 1. The van der Waals surface area contributed by atoms with Crippen molar-refractivity contribution in [2.24, 2.45) is 0 Å². The van der Waals surface area contributed by atoms with E-state index in [4.69, 9.17) is 0 Å². The molecule has 4 rings (SSSR count). The molecule has 0 radical (unpaired) electrons. The molecule has 1 aliphatic heterocycles. The Hall–Kier alpha value is -2.14. The van der Waals surface area contributed by atoms with E-state index in [1.54, 1.807) is 17.5 Å². The van der Waals surface area contributed by atoms with E-state index in [1.807, 2.05) is 23.1 Å². The molecular formula is C16H15N3OS. The van der Waals surface area contributed by atoms with E-state index in [-0.39, 0.29) is 11.9 Å². The van der Waals surface area contributed by atoms with Crippen molar-refractivity contribution in [3.8, 4) is 0 Å². The number of nitrogens with one attached hydrogen (secondary N) is 1. The third-order valence-electron chi connectivity index (χ3n) is 4.25. The van der Waals surface area contributed by atoms with Gasteiger partial charge in [-0.1, -0.05) is 6.07 Å². The largest absolute Gasteiger partial charge is 0.331 e. The first-order valence-corrected chi connectivity index (χ1v) is 7.93. The van der Waals surface area contributed by atoms with Crippen LogP contribution in [0.15, 0.2) is 35.8 Å². The van der Waals surface area contributed by atoms with Gasteiger partial charge in [-0.05, 0) is 42.5 Å². The standard InChI is InChI=1S/C16H15N3OS/c1-10-11-6-8-21-15(11)5-7-19(10)16(20)12-3-2-4-14-13(12)9-17-18-14/h2-4,6,8-10H,5,7H2,1H3,(H,17,18). The molecule has 4 nitrogen and oxygen atoms in total. The summed E-state index contributed by atoms with van der Waals surface area (Å²) in [5, 5.41) is 9.97. The van der Waals surface area contributed by atoms with Crippen molar-refractivity contribution in [2.45, 2.75) is 19.4 Å². The molecule has 1 aliphatic rings. The molecular weight excluding hydrogens is 282 g/mol. The van der Waals surface area contributed by atoms with E-state index in [2.05, 4.69) is 28.6 Å². The van der Waals surface area contributed by atoms with Crippen LogP contribution in [0.3, 0.4) is 0 Å². The van der Waals surface area contributed by atoms with E-state index < -0.39 is 0 Å². The van der Waals surface area contributed by atoms with Crippen LogP contribution in [0.5, 0.6) is 0 Å². The summed E-state index contributed by atoms with van der Waals surface area (Å²) in [6.45, 7) is 2.89. The first-order chi connectivity index (χ1) is 10.3. The van der Waals surface area contributed by atoms with Crippen molar-refractivity contribution in [3.05, 3.63) is 51.8 Å². The molecule has 1 N–H and O–H groups in total. The Morgan fingerprint density at radius 2 is 2.33 bits per heavy atom. The van der Waals surface area contributed by atoms with E-state index >= 15 is 0 Å². The average molecular weight is 297 g/mol. The molecule has 0 aliphatic carbocycles. The zero-order valence-corrected chi connectivity index (χ0v) is 12.5. The van der Waals surface area contributed by atoms with Crippen molar-refractivity contribution < 1.29 is 4.79 Å². The summed E-state index contributed by atoms with van der Waals surface area (Å²) < 4.78 is 0. The fraction of sp³-hybridized carbons (Fsp3) is 0.250. The SMILES string of the molecule is CC1c2ccsc2CCN1C(=O)c1cccc2[nH]ncc12. The van der Waals surface area contributed by atoms with Crippen molar-refractivity contribution in [1.29, 1.82) is 0 Å². The molecule has 0 spiro atoms. The molecule has 0 saturated carbocycles. The summed E-state index contributed by atoms with van der Waals surface area (Å²) in [7, 11) is 0. The number of carbonyl (C=O) groups is 1. The van der Waals surface area contributed by atoms with Crippen LogP contribution < -0.4 is 0 Å². The highest BCUT2D eigenvalue weighted by Crippen LogP contribution is 2.34. The van der Waals surface area contributed by atoms with Gasteiger partial charge in [0.05, 0.1) is 23.3 Å². The number of aromatic amines is 1. The van der Waals surface area contributed by atoms with Crippen molar-refractivity contribution in [3.63, 3.8) is 0 Å². The summed E-state index contributed by atoms with van der Waals surface area (Å²) in [6.07, 6.45) is 2.68. The Bertz CT molecular complexity index is 820. The van der Waals surface area contributed by atoms with Crippen LogP contribution in [0.2, 0.25) is 0 Å². The smallest absolute Gasteiger partial charge is 0.255 e. The van der Waals surface area contributed by atoms with Gasteiger partial charge < -0.3 is 4.90 Å². The van der Waals surface area contributed by atoms with Gasteiger partial charge in [-0.3, -0.25) is 9.89 Å². The van der Waals surface area contributed by atoms with Crippen LogP contribution in [-0.2, 0) is 6.42 Å². The molecule has 1 amide bonds. The molecule has 0 bridgehead atoms. The highest BCUT2D eigenvalue weighted by atomic mass is 32.1. The first-order valence-electron chi connectivity index (χ1n) is 7.05. The molecule has 21 heavy (non-hydrogen) atoms. The molecule has 0 fully saturated rings. The van der Waals surface area contributed by atoms with Crippen molar-refractivity contribution in [2.75, 3.05) is 6.54 Å². The zero-order valence-electron chi connectivity index (χ0n) is 11.7. The fourth-order valence-corrected chi connectivity index (χ4v) is 4.06. The second-order valence-electron chi connectivity index (χ2n) is 5.36. The minimum atomic E-state index is 0.0892. The second-order valence-corrected chi connectivity index (χ2v) is 6.36. The number of aromatic nitrogens is 2. The summed E-state index contributed by atoms with van der Waals surface area (Å²) in [5.41, 5.74) is 2.92. The molecule has 3 aromatic rings. The minimum Gasteiger partial charge on any atom is -0.331 e. The van der Waals surface area contributed by atoms with Crippen LogP contribution in [-0.4, -0.2) is 27.5 Å². The highest BCUT2D eigenvalue weighted by molar-refractivity contribution is 7.10. The Kier molecular flexibility index (Phi) is 2.82. The van der Waals surface area contributed by atoms with Gasteiger partial charge in [0.2, 0.25) is 0 Å². The van der Waals surface area contributed by atoms with E-state index in [1.165, 1.54) is 10.4 Å². The number of rotatable bonds is 1. The molecule has 0 saturated heterocycles. The molecule has 5 heteroatoms. The predicted molar refractivity (Wildman–Crippen MR) is 83.6 cm³/mol. The van der Waals surface area contributed by atoms with Gasteiger partial charge in [0.1, 0.15) is 0 Å². The molecule has 1 aromatic carbocycles. The lowest BCUT2D eigenvalue weighted by Crippen LogP contribution is -2.38. The van der Waals surface area contributed by atoms with Crippen LogP contribution in [0, 0.1) is 0 Å². The third kappa shape index (κ3) is 1.88. The molecule has 1 unspecified atom stereocenters. The van der Waals surface area contributed by atoms with Gasteiger partial charge in [-0.25, -0.2) is 0 Å². The maximum absolute atomic E-state index is 12.9. The monoisotopic (exact) mass is 297 g/mol. The lowest BCUT2D eigenvalue weighted by atomic mass is 9.99. The lowest BCUT2D eigenvalue weighted by molar-refractivity contribution is 0.0681. The van der Waals surface area contributed by atoms with Crippen LogP contribution in [0.25, 0.3) is 10.9 Å². The van der Waals surface area contributed by atoms with Gasteiger partial charge in [0.15, 0.2) is 0 Å². The Morgan fingerprint density at radius 1 is 1.43 bits per heavy atom. The van der Waals surface area contributed by atoms with E-state index in [0.717, 1.165) is 29.4 Å². The number of benzene rings is 1. The third-order valence-corrected chi connectivity index (χ3v) is 5.25. The number of carbonyl (C=O) groups excluding carboxylic acids is 1. The summed E-state index contributed by atoms with van der Waals surface area (Å²) >= 11 is 1.79. The van der Waals surface area contributed by atoms with Crippen molar-refractivity contribution in [1.82, 2.24) is 15.1 Å². The Balaban J connectivity index is 1.74. The van der Waals surface area contributed by atoms with E-state index in [0.29, 0.717) is 0 Å². The maximum Gasteiger partial charge on any atom is 0.255 e. The molecule has 106 valence electrons. The van der Waals surface area contributed by atoms with Gasteiger partial charge in [-0.2, -0.15) is 5.10 Å². The molecule has 2 aromatic heterocycles. The van der Waals surface area contributed by atoms with Gasteiger partial charge >= 0.3 is 0 Å². The Morgan fingerprint density at radius 3 is 3.24 bits per heavy atom. The number of nitrogens with zero attached hydrogens (tertiary/aromatic N) is 2. The fourth-order valence-electron chi connectivity index (χ4n) is 3.10. The predicted octanol–water partition coefficient (Wildman–Crippen LogP) is 3.38. The first kappa shape index (κ1) is 12.6. The number of hydrogen-bond donors (Lipinski definition) is 1. The minimum absolute atomic E-state index is 0.0892. The molecule has 1 atom stereocenters. The van der Waals surface area contributed by atoms with Crippen molar-refractivity contribution >= 4 is 28.1 Å². The highest BCUT2D eigenvalue weighted by Gasteiger charge is 2.29. The number of amides is 1. The summed E-state index contributed by atoms with van der Waals surface area (Å²) in [5.74, 6) is 0.0892. The van der Waals surface area contributed by atoms with Gasteiger partial charge in [0.25, 0.3) is 5.91 Å². The maximum atomic E-state index is 12.9. The van der Waals surface area contributed by atoms with Gasteiger partial charge in [0, 0.05) is 16.8 Å². The van der Waals surface area contributed by atoms with Crippen LogP contribution >= 0.6 is 11.3 Å². The Labute approximate surface area is 126 Å². The summed E-state index contributed by atoms with van der Waals surface area (Å²) in [4.78, 5) is 16.3. The average Bonchev–Trinajstić information content (AvgIpc) is 3.15. The topological polar surface area (TPSA) is 49.0 Å². The summed E-state index contributed by atoms with van der Waals surface area (Å²) in [6, 6.07) is 8.00.